The molecule has 2 heterocycles. The normalized spacial score (nSPS) is 28.1. The lowest BCUT2D eigenvalue weighted by molar-refractivity contribution is 0.129. The summed E-state index contributed by atoms with van der Waals surface area (Å²) in [5.74, 6) is 0.516. The molecule has 1 saturated carbocycles. The third-order valence-corrected chi connectivity index (χ3v) is 6.91. The lowest BCUT2D eigenvalue weighted by Crippen LogP contribution is -2.49. The summed E-state index contributed by atoms with van der Waals surface area (Å²) in [6, 6.07) is 1.69. The highest BCUT2D eigenvalue weighted by Crippen LogP contribution is 2.38. The van der Waals surface area contributed by atoms with E-state index in [-0.39, 0.29) is 16.0 Å². The molecule has 20 heavy (non-hydrogen) atoms. The molecule has 2 atom stereocenters. The van der Waals surface area contributed by atoms with Gasteiger partial charge in [-0.3, -0.25) is 4.98 Å². The summed E-state index contributed by atoms with van der Waals surface area (Å²) in [5, 5.41) is 0.262. The molecule has 1 aliphatic carbocycles. The summed E-state index contributed by atoms with van der Waals surface area (Å²) in [7, 11) is -3.52. The number of nitrogens with zero attached hydrogens (tertiary/aromatic N) is 2. The van der Waals surface area contributed by atoms with Crippen molar-refractivity contribution in [3.63, 3.8) is 0 Å². The first kappa shape index (κ1) is 14.3. The van der Waals surface area contributed by atoms with Gasteiger partial charge in [-0.05, 0) is 37.7 Å². The van der Waals surface area contributed by atoms with E-state index in [4.69, 9.17) is 11.6 Å². The highest BCUT2D eigenvalue weighted by atomic mass is 35.5. The molecule has 0 radical (unpaired) electrons. The zero-order valence-corrected chi connectivity index (χ0v) is 12.9. The summed E-state index contributed by atoms with van der Waals surface area (Å²) in [5.41, 5.74) is 0. The Morgan fingerprint density at radius 1 is 1.20 bits per heavy atom. The molecule has 0 spiro atoms. The molecule has 1 aromatic heterocycles. The van der Waals surface area contributed by atoms with E-state index in [2.05, 4.69) is 4.98 Å². The van der Waals surface area contributed by atoms with Crippen LogP contribution in [0.15, 0.2) is 23.4 Å². The van der Waals surface area contributed by atoms with Crippen LogP contribution in [0.4, 0.5) is 0 Å². The standard InChI is InChI=1S/C14H19ClN2O2S/c15-12-7-8-16-10-14(12)20(18,19)17-9-3-5-11-4-1-2-6-13(11)17/h7-8,10-11,13H,1-6,9H2. The van der Waals surface area contributed by atoms with Crippen LogP contribution in [0.5, 0.6) is 0 Å². The van der Waals surface area contributed by atoms with Gasteiger partial charge < -0.3 is 0 Å². The first-order valence-corrected chi connectivity index (χ1v) is 9.04. The molecule has 0 amide bonds. The molecule has 6 heteroatoms. The smallest absolute Gasteiger partial charge is 0.246 e. The predicted octanol–water partition coefficient (Wildman–Crippen LogP) is 3.08. The van der Waals surface area contributed by atoms with Crippen molar-refractivity contribution < 1.29 is 8.42 Å². The molecular weight excluding hydrogens is 296 g/mol. The largest absolute Gasteiger partial charge is 0.263 e. The molecule has 2 aliphatic rings. The van der Waals surface area contributed by atoms with E-state index in [9.17, 15) is 8.42 Å². The summed E-state index contributed by atoms with van der Waals surface area (Å²) in [4.78, 5) is 4.07. The molecular formula is C14H19ClN2O2S. The van der Waals surface area contributed by atoms with Gasteiger partial charge in [-0.1, -0.05) is 24.4 Å². The second-order valence-corrected chi connectivity index (χ2v) is 7.94. The minimum absolute atomic E-state index is 0.146. The Hall–Kier alpha value is -0.650. The predicted molar refractivity (Wildman–Crippen MR) is 78.1 cm³/mol. The van der Waals surface area contributed by atoms with Crippen LogP contribution >= 0.6 is 11.6 Å². The third kappa shape index (κ3) is 2.47. The van der Waals surface area contributed by atoms with Gasteiger partial charge in [0, 0.05) is 25.0 Å². The number of rotatable bonds is 2. The Morgan fingerprint density at radius 3 is 2.75 bits per heavy atom. The molecule has 3 rings (SSSR count). The SMILES string of the molecule is O=S(=O)(c1cnccc1Cl)N1CCCC2CCCCC21. The lowest BCUT2D eigenvalue weighted by Gasteiger charge is -2.43. The Morgan fingerprint density at radius 2 is 1.95 bits per heavy atom. The highest BCUT2D eigenvalue weighted by Gasteiger charge is 2.40. The van der Waals surface area contributed by atoms with Crippen LogP contribution in [0.3, 0.4) is 0 Å². The summed E-state index contributed by atoms with van der Waals surface area (Å²) in [6.45, 7) is 0.606. The average Bonchev–Trinajstić information content (AvgIpc) is 2.47. The molecule has 0 bridgehead atoms. The third-order valence-electron chi connectivity index (χ3n) is 4.51. The van der Waals surface area contributed by atoms with Crippen LogP contribution in [0, 0.1) is 5.92 Å². The van der Waals surface area contributed by atoms with Gasteiger partial charge in [0.2, 0.25) is 10.0 Å². The number of aromatic nitrogens is 1. The van der Waals surface area contributed by atoms with E-state index in [1.54, 1.807) is 4.31 Å². The topological polar surface area (TPSA) is 50.3 Å². The van der Waals surface area contributed by atoms with Gasteiger partial charge in [0.1, 0.15) is 4.90 Å². The minimum Gasteiger partial charge on any atom is -0.263 e. The van der Waals surface area contributed by atoms with Crippen molar-refractivity contribution in [3.05, 3.63) is 23.5 Å². The Kier molecular flexibility index (Phi) is 4.02. The van der Waals surface area contributed by atoms with E-state index in [1.165, 1.54) is 24.9 Å². The first-order chi connectivity index (χ1) is 9.60. The molecule has 4 nitrogen and oxygen atoms in total. The van der Waals surface area contributed by atoms with Crippen molar-refractivity contribution in [2.75, 3.05) is 6.54 Å². The molecule has 2 fully saturated rings. The van der Waals surface area contributed by atoms with Crippen molar-refractivity contribution in [3.8, 4) is 0 Å². The van der Waals surface area contributed by atoms with Gasteiger partial charge in [-0.15, -0.1) is 0 Å². The number of pyridine rings is 1. The van der Waals surface area contributed by atoms with Crippen LogP contribution in [0.25, 0.3) is 0 Å². The quantitative estimate of drug-likeness (QED) is 0.843. The molecule has 0 aromatic carbocycles. The van der Waals surface area contributed by atoms with E-state index in [0.29, 0.717) is 12.5 Å². The second-order valence-electron chi connectivity index (χ2n) is 5.68. The van der Waals surface area contributed by atoms with Crippen LogP contribution in [0.1, 0.15) is 38.5 Å². The number of piperidine rings is 1. The fourth-order valence-corrected chi connectivity index (χ4v) is 5.72. The summed E-state index contributed by atoms with van der Waals surface area (Å²) >= 11 is 6.06. The zero-order valence-electron chi connectivity index (χ0n) is 11.3. The molecule has 1 aliphatic heterocycles. The summed E-state index contributed by atoms with van der Waals surface area (Å²) in [6.07, 6.45) is 9.44. The van der Waals surface area contributed by atoms with Crippen molar-refractivity contribution in [2.45, 2.75) is 49.5 Å². The monoisotopic (exact) mass is 314 g/mol. The van der Waals surface area contributed by atoms with E-state index < -0.39 is 10.0 Å². The van der Waals surface area contributed by atoms with Crippen LogP contribution < -0.4 is 0 Å². The van der Waals surface area contributed by atoms with Gasteiger partial charge in [-0.25, -0.2) is 8.42 Å². The summed E-state index contributed by atoms with van der Waals surface area (Å²) < 4.78 is 27.4. The minimum atomic E-state index is -3.52. The van der Waals surface area contributed by atoms with Crippen molar-refractivity contribution in [1.29, 1.82) is 0 Å². The maximum Gasteiger partial charge on any atom is 0.246 e. The molecule has 1 aromatic rings. The number of halogens is 1. The van der Waals surface area contributed by atoms with Gasteiger partial charge in [-0.2, -0.15) is 4.31 Å². The first-order valence-electron chi connectivity index (χ1n) is 7.22. The van der Waals surface area contributed by atoms with Crippen molar-refractivity contribution in [1.82, 2.24) is 9.29 Å². The van der Waals surface area contributed by atoms with Crippen LogP contribution in [-0.4, -0.2) is 30.3 Å². The van der Waals surface area contributed by atoms with Gasteiger partial charge in [0.15, 0.2) is 0 Å². The van der Waals surface area contributed by atoms with E-state index >= 15 is 0 Å². The van der Waals surface area contributed by atoms with E-state index in [1.807, 2.05) is 0 Å². The Balaban J connectivity index is 1.96. The average molecular weight is 315 g/mol. The second kappa shape index (κ2) is 5.62. The van der Waals surface area contributed by atoms with Gasteiger partial charge in [0.05, 0.1) is 5.02 Å². The van der Waals surface area contributed by atoms with Crippen molar-refractivity contribution in [2.24, 2.45) is 5.92 Å². The Labute approximate surface area is 125 Å². The maximum atomic E-state index is 12.9. The fraction of sp³-hybridized carbons (Fsp3) is 0.643. The number of sulfonamides is 1. The lowest BCUT2D eigenvalue weighted by atomic mass is 9.79. The van der Waals surface area contributed by atoms with Crippen molar-refractivity contribution >= 4 is 21.6 Å². The number of hydrogen-bond donors (Lipinski definition) is 0. The fourth-order valence-electron chi connectivity index (χ4n) is 3.56. The molecule has 1 saturated heterocycles. The molecule has 2 unspecified atom stereocenters. The number of hydrogen-bond acceptors (Lipinski definition) is 3. The maximum absolute atomic E-state index is 12.9. The molecule has 0 N–H and O–H groups in total. The van der Waals surface area contributed by atoms with Crippen LogP contribution in [-0.2, 0) is 10.0 Å². The molecule has 110 valence electrons. The number of fused-ring (bicyclic) bond motifs is 1. The Bertz CT molecular complexity index is 589. The van der Waals surface area contributed by atoms with Gasteiger partial charge in [0.25, 0.3) is 0 Å². The highest BCUT2D eigenvalue weighted by molar-refractivity contribution is 7.89. The van der Waals surface area contributed by atoms with E-state index in [0.717, 1.165) is 32.1 Å². The zero-order chi connectivity index (χ0) is 14.2. The van der Waals surface area contributed by atoms with Crippen LogP contribution in [0.2, 0.25) is 5.02 Å². The van der Waals surface area contributed by atoms with Gasteiger partial charge >= 0.3 is 0 Å².